The Morgan fingerprint density at radius 2 is 1.80 bits per heavy atom. The smallest absolute Gasteiger partial charge is 0.0258 e. The highest BCUT2D eigenvalue weighted by Crippen LogP contribution is 2.16. The van der Waals surface area contributed by atoms with Crippen LogP contribution < -0.4 is 0 Å². The summed E-state index contributed by atoms with van der Waals surface area (Å²) in [5.74, 6) is 0.685. The SMILES string of the molecule is ClCC/C=C/c1ccc2ccccc2c1. The van der Waals surface area contributed by atoms with Crippen LogP contribution >= 0.6 is 11.6 Å². The molecule has 0 spiro atoms. The van der Waals surface area contributed by atoms with Crippen molar-refractivity contribution in [2.24, 2.45) is 0 Å². The molecule has 2 aromatic rings. The van der Waals surface area contributed by atoms with Crippen molar-refractivity contribution in [3.05, 3.63) is 54.1 Å². The van der Waals surface area contributed by atoms with Crippen LogP contribution in [0, 0.1) is 0 Å². The monoisotopic (exact) mass is 216 g/mol. The molecule has 1 heteroatoms. The molecule has 0 unspecified atom stereocenters. The van der Waals surface area contributed by atoms with Crippen molar-refractivity contribution in [1.82, 2.24) is 0 Å². The van der Waals surface area contributed by atoms with Gasteiger partial charge < -0.3 is 0 Å². The van der Waals surface area contributed by atoms with Gasteiger partial charge >= 0.3 is 0 Å². The first-order chi connectivity index (χ1) is 7.40. The lowest BCUT2D eigenvalue weighted by atomic mass is 10.1. The van der Waals surface area contributed by atoms with Crippen LogP contribution in [0.25, 0.3) is 16.8 Å². The standard InChI is InChI=1S/C14H13Cl/c15-10-4-3-5-12-8-9-13-6-1-2-7-14(13)11-12/h1-3,5-9,11H,4,10H2/b5-3+. The summed E-state index contributed by atoms with van der Waals surface area (Å²) in [6, 6.07) is 14.9. The predicted octanol–water partition coefficient (Wildman–Crippen LogP) is 4.48. The van der Waals surface area contributed by atoms with Crippen LogP contribution in [0.15, 0.2) is 48.5 Å². The van der Waals surface area contributed by atoms with Gasteiger partial charge in [0.1, 0.15) is 0 Å². The van der Waals surface area contributed by atoms with E-state index in [1.165, 1.54) is 16.3 Å². The molecule has 0 aromatic heterocycles. The molecular weight excluding hydrogens is 204 g/mol. The van der Waals surface area contributed by atoms with Crippen molar-refractivity contribution in [2.45, 2.75) is 6.42 Å². The summed E-state index contributed by atoms with van der Waals surface area (Å²) in [6.45, 7) is 0. The number of benzene rings is 2. The molecule has 0 aliphatic carbocycles. The van der Waals surface area contributed by atoms with Gasteiger partial charge in [-0.1, -0.05) is 48.6 Å². The van der Waals surface area contributed by atoms with E-state index in [0.29, 0.717) is 5.88 Å². The van der Waals surface area contributed by atoms with E-state index in [2.05, 4.69) is 54.6 Å². The van der Waals surface area contributed by atoms with E-state index in [-0.39, 0.29) is 0 Å². The van der Waals surface area contributed by atoms with Gasteiger partial charge in [-0.05, 0) is 28.8 Å². The topological polar surface area (TPSA) is 0 Å². The van der Waals surface area contributed by atoms with E-state index in [1.807, 2.05) is 0 Å². The first-order valence-electron chi connectivity index (χ1n) is 5.11. The van der Waals surface area contributed by atoms with Crippen LogP contribution in [0.5, 0.6) is 0 Å². The Balaban J connectivity index is 2.30. The van der Waals surface area contributed by atoms with E-state index in [1.54, 1.807) is 0 Å². The van der Waals surface area contributed by atoms with Gasteiger partial charge in [-0.2, -0.15) is 0 Å². The highest BCUT2D eigenvalue weighted by Gasteiger charge is 1.92. The van der Waals surface area contributed by atoms with Crippen molar-refractivity contribution in [1.29, 1.82) is 0 Å². The van der Waals surface area contributed by atoms with Gasteiger partial charge in [-0.25, -0.2) is 0 Å². The molecule has 15 heavy (non-hydrogen) atoms. The maximum absolute atomic E-state index is 5.61. The lowest BCUT2D eigenvalue weighted by Gasteiger charge is -1.98. The average Bonchev–Trinajstić information content (AvgIpc) is 2.29. The van der Waals surface area contributed by atoms with Crippen molar-refractivity contribution < 1.29 is 0 Å². The van der Waals surface area contributed by atoms with Crippen LogP contribution in [-0.4, -0.2) is 5.88 Å². The number of rotatable bonds is 3. The van der Waals surface area contributed by atoms with Crippen molar-refractivity contribution in [3.8, 4) is 0 Å². The lowest BCUT2D eigenvalue weighted by Crippen LogP contribution is -1.75. The Hall–Kier alpha value is -1.27. The minimum Gasteiger partial charge on any atom is -0.126 e. The summed E-state index contributed by atoms with van der Waals surface area (Å²) in [6.07, 6.45) is 5.15. The molecule has 0 nitrogen and oxygen atoms in total. The van der Waals surface area contributed by atoms with Crippen molar-refractivity contribution >= 4 is 28.4 Å². The molecule has 0 amide bonds. The normalized spacial score (nSPS) is 11.3. The third-order valence-corrected chi connectivity index (χ3v) is 2.58. The molecule has 0 aliphatic heterocycles. The third-order valence-electron chi connectivity index (χ3n) is 2.36. The number of halogens is 1. The molecule has 0 saturated heterocycles. The van der Waals surface area contributed by atoms with Crippen LogP contribution in [0.3, 0.4) is 0 Å². The Bertz CT molecular complexity index is 471. The second-order valence-corrected chi connectivity index (χ2v) is 3.86. The fourth-order valence-corrected chi connectivity index (χ4v) is 1.72. The molecule has 0 bridgehead atoms. The highest BCUT2D eigenvalue weighted by molar-refractivity contribution is 6.17. The van der Waals surface area contributed by atoms with E-state index in [4.69, 9.17) is 11.6 Å². The quantitative estimate of drug-likeness (QED) is 0.664. The first kappa shape index (κ1) is 10.3. The van der Waals surface area contributed by atoms with E-state index in [9.17, 15) is 0 Å². The van der Waals surface area contributed by atoms with Gasteiger partial charge in [0.2, 0.25) is 0 Å². The first-order valence-corrected chi connectivity index (χ1v) is 5.65. The summed E-state index contributed by atoms with van der Waals surface area (Å²) < 4.78 is 0. The summed E-state index contributed by atoms with van der Waals surface area (Å²) in [5.41, 5.74) is 1.24. The van der Waals surface area contributed by atoms with Crippen LogP contribution in [-0.2, 0) is 0 Å². The van der Waals surface area contributed by atoms with Crippen molar-refractivity contribution in [2.75, 3.05) is 5.88 Å². The molecule has 2 aromatic carbocycles. The molecule has 0 aliphatic rings. The molecule has 0 atom stereocenters. The summed E-state index contributed by atoms with van der Waals surface area (Å²) in [7, 11) is 0. The van der Waals surface area contributed by atoms with Gasteiger partial charge in [-0.15, -0.1) is 11.6 Å². The zero-order valence-electron chi connectivity index (χ0n) is 8.49. The average molecular weight is 217 g/mol. The number of hydrogen-bond acceptors (Lipinski definition) is 0. The number of allylic oxidation sites excluding steroid dienone is 1. The predicted molar refractivity (Wildman–Crippen MR) is 68.3 cm³/mol. The summed E-state index contributed by atoms with van der Waals surface area (Å²) >= 11 is 5.61. The van der Waals surface area contributed by atoms with E-state index in [0.717, 1.165) is 6.42 Å². The number of alkyl halides is 1. The molecule has 2 rings (SSSR count). The summed E-state index contributed by atoms with van der Waals surface area (Å²) in [5, 5.41) is 2.57. The van der Waals surface area contributed by atoms with Gasteiger partial charge in [-0.3, -0.25) is 0 Å². The molecule has 0 N–H and O–H groups in total. The maximum atomic E-state index is 5.61. The van der Waals surface area contributed by atoms with Crippen LogP contribution in [0.2, 0.25) is 0 Å². The second-order valence-electron chi connectivity index (χ2n) is 3.49. The zero-order valence-corrected chi connectivity index (χ0v) is 9.24. The second kappa shape index (κ2) is 4.99. The fourth-order valence-electron chi connectivity index (χ4n) is 1.59. The maximum Gasteiger partial charge on any atom is 0.0258 e. The fraction of sp³-hybridized carbons (Fsp3) is 0.143. The van der Waals surface area contributed by atoms with Gasteiger partial charge in [0.25, 0.3) is 0 Å². The van der Waals surface area contributed by atoms with Gasteiger partial charge in [0.05, 0.1) is 0 Å². The third kappa shape index (κ3) is 2.60. The van der Waals surface area contributed by atoms with Crippen LogP contribution in [0.4, 0.5) is 0 Å². The zero-order chi connectivity index (χ0) is 10.5. The molecule has 0 saturated carbocycles. The molecule has 0 fully saturated rings. The number of fused-ring (bicyclic) bond motifs is 1. The molecule has 76 valence electrons. The minimum absolute atomic E-state index is 0.685. The Kier molecular flexibility index (Phi) is 3.41. The van der Waals surface area contributed by atoms with Crippen molar-refractivity contribution in [3.63, 3.8) is 0 Å². The number of hydrogen-bond donors (Lipinski definition) is 0. The summed E-state index contributed by atoms with van der Waals surface area (Å²) in [4.78, 5) is 0. The lowest BCUT2D eigenvalue weighted by molar-refractivity contribution is 1.24. The van der Waals surface area contributed by atoms with Crippen LogP contribution in [0.1, 0.15) is 12.0 Å². The van der Waals surface area contributed by atoms with Gasteiger partial charge in [0, 0.05) is 5.88 Å². The molecule has 0 radical (unpaired) electrons. The van der Waals surface area contributed by atoms with Gasteiger partial charge in [0.15, 0.2) is 0 Å². The Morgan fingerprint density at radius 1 is 1.00 bits per heavy atom. The molecule has 0 heterocycles. The highest BCUT2D eigenvalue weighted by atomic mass is 35.5. The largest absolute Gasteiger partial charge is 0.126 e. The Labute approximate surface area is 95.2 Å². The Morgan fingerprint density at radius 3 is 2.60 bits per heavy atom. The van der Waals surface area contributed by atoms with E-state index >= 15 is 0 Å². The van der Waals surface area contributed by atoms with E-state index < -0.39 is 0 Å². The molecular formula is C14H13Cl. The minimum atomic E-state index is 0.685.